The van der Waals surface area contributed by atoms with E-state index in [1.54, 1.807) is 7.11 Å². The molecule has 5 nitrogen and oxygen atoms in total. The summed E-state index contributed by atoms with van der Waals surface area (Å²) in [5.74, 6) is 2.19. The predicted molar refractivity (Wildman–Crippen MR) is 134 cm³/mol. The van der Waals surface area contributed by atoms with Crippen LogP contribution in [0.2, 0.25) is 0 Å². The van der Waals surface area contributed by atoms with Crippen molar-refractivity contribution in [1.82, 2.24) is 10.6 Å². The minimum absolute atomic E-state index is 0. The molecule has 0 amide bonds. The van der Waals surface area contributed by atoms with Crippen LogP contribution in [-0.2, 0) is 11.2 Å². The number of hydrogen-bond donors (Lipinski definition) is 2. The van der Waals surface area contributed by atoms with Crippen molar-refractivity contribution in [3.63, 3.8) is 0 Å². The summed E-state index contributed by atoms with van der Waals surface area (Å²) in [5.41, 5.74) is 3.73. The molecule has 1 fully saturated rings. The Morgan fingerprint density at radius 1 is 1.13 bits per heavy atom. The van der Waals surface area contributed by atoms with E-state index in [-0.39, 0.29) is 30.1 Å². The van der Waals surface area contributed by atoms with Crippen LogP contribution in [0.4, 0.5) is 0 Å². The van der Waals surface area contributed by atoms with Crippen molar-refractivity contribution in [2.45, 2.75) is 32.3 Å². The van der Waals surface area contributed by atoms with Gasteiger partial charge in [0, 0.05) is 32.7 Å². The van der Waals surface area contributed by atoms with Crippen molar-refractivity contribution in [3.8, 4) is 5.75 Å². The van der Waals surface area contributed by atoms with Crippen LogP contribution in [0.1, 0.15) is 35.6 Å². The van der Waals surface area contributed by atoms with Gasteiger partial charge >= 0.3 is 0 Å². The zero-order valence-electron chi connectivity index (χ0n) is 18.2. The number of ether oxygens (including phenoxy) is 2. The SMILES string of the molecule is CN=C(NCCc1ccccc1OC)NCC1CCCOC1c1ccc(C)cc1.I. The van der Waals surface area contributed by atoms with Crippen LogP contribution in [0.3, 0.4) is 0 Å². The van der Waals surface area contributed by atoms with E-state index in [0.717, 1.165) is 50.7 Å². The number of nitrogens with zero attached hydrogens (tertiary/aromatic N) is 1. The number of benzene rings is 2. The van der Waals surface area contributed by atoms with Gasteiger partial charge in [0.15, 0.2) is 5.96 Å². The van der Waals surface area contributed by atoms with Crippen LogP contribution < -0.4 is 15.4 Å². The lowest BCUT2D eigenvalue weighted by atomic mass is 9.89. The maximum atomic E-state index is 6.13. The van der Waals surface area contributed by atoms with Crippen LogP contribution in [-0.4, -0.2) is 39.8 Å². The molecule has 164 valence electrons. The Morgan fingerprint density at radius 3 is 2.63 bits per heavy atom. The first kappa shape index (κ1) is 24.5. The normalized spacial score (nSPS) is 19.0. The summed E-state index contributed by atoms with van der Waals surface area (Å²) in [6.45, 7) is 4.58. The molecule has 1 aliphatic rings. The number of hydrogen-bond acceptors (Lipinski definition) is 3. The van der Waals surface area contributed by atoms with Crippen LogP contribution in [0, 0.1) is 12.8 Å². The third-order valence-corrected chi connectivity index (χ3v) is 5.49. The minimum atomic E-state index is 0. The maximum absolute atomic E-state index is 6.13. The fourth-order valence-electron chi connectivity index (χ4n) is 3.85. The molecule has 2 unspecified atom stereocenters. The molecule has 2 aromatic rings. The Kier molecular flexibility index (Phi) is 10.4. The van der Waals surface area contributed by atoms with Crippen LogP contribution in [0.5, 0.6) is 5.75 Å². The average Bonchev–Trinajstić information content (AvgIpc) is 2.77. The summed E-state index contributed by atoms with van der Waals surface area (Å²) in [7, 11) is 3.52. The highest BCUT2D eigenvalue weighted by molar-refractivity contribution is 14.0. The summed E-state index contributed by atoms with van der Waals surface area (Å²) in [4.78, 5) is 4.38. The highest BCUT2D eigenvalue weighted by Gasteiger charge is 2.27. The van der Waals surface area contributed by atoms with Gasteiger partial charge in [-0.05, 0) is 43.4 Å². The number of rotatable bonds is 7. The molecule has 0 aromatic heterocycles. The average molecular weight is 523 g/mol. The van der Waals surface area contributed by atoms with Crippen molar-refractivity contribution in [3.05, 3.63) is 65.2 Å². The third-order valence-electron chi connectivity index (χ3n) is 5.49. The lowest BCUT2D eigenvalue weighted by Crippen LogP contribution is -2.42. The second-order valence-electron chi connectivity index (χ2n) is 7.55. The topological polar surface area (TPSA) is 54.9 Å². The van der Waals surface area contributed by atoms with Crippen LogP contribution in [0.15, 0.2) is 53.5 Å². The Labute approximate surface area is 197 Å². The fourth-order valence-corrected chi connectivity index (χ4v) is 3.85. The van der Waals surface area contributed by atoms with Crippen molar-refractivity contribution in [2.75, 3.05) is 33.9 Å². The minimum Gasteiger partial charge on any atom is -0.496 e. The lowest BCUT2D eigenvalue weighted by molar-refractivity contribution is -0.0265. The summed E-state index contributed by atoms with van der Waals surface area (Å²) < 4.78 is 11.6. The molecule has 0 aliphatic carbocycles. The van der Waals surface area contributed by atoms with Gasteiger partial charge in [-0.25, -0.2) is 0 Å². The molecule has 30 heavy (non-hydrogen) atoms. The highest BCUT2D eigenvalue weighted by Crippen LogP contribution is 2.33. The van der Waals surface area contributed by atoms with Crippen molar-refractivity contribution < 1.29 is 9.47 Å². The van der Waals surface area contributed by atoms with Gasteiger partial charge in [-0.1, -0.05) is 48.0 Å². The molecule has 0 bridgehead atoms. The zero-order valence-corrected chi connectivity index (χ0v) is 20.5. The molecule has 0 radical (unpaired) electrons. The van der Waals surface area contributed by atoms with E-state index >= 15 is 0 Å². The monoisotopic (exact) mass is 523 g/mol. The molecular weight excluding hydrogens is 489 g/mol. The van der Waals surface area contributed by atoms with E-state index in [1.807, 2.05) is 25.2 Å². The van der Waals surface area contributed by atoms with Crippen molar-refractivity contribution in [2.24, 2.45) is 10.9 Å². The summed E-state index contributed by atoms with van der Waals surface area (Å²) in [5, 5.41) is 6.91. The smallest absolute Gasteiger partial charge is 0.190 e. The Hall–Kier alpha value is -1.80. The van der Waals surface area contributed by atoms with Gasteiger partial charge in [-0.15, -0.1) is 24.0 Å². The summed E-state index contributed by atoms with van der Waals surface area (Å²) in [6, 6.07) is 16.8. The molecular formula is C24H34IN3O2. The standard InChI is InChI=1S/C24H33N3O2.HI/c1-18-10-12-20(13-11-18)23-21(8-6-16-29-23)17-27-24(25-2)26-15-14-19-7-4-5-9-22(19)28-3;/h4-5,7,9-13,21,23H,6,8,14-17H2,1-3H3,(H2,25,26,27);1H. The number of nitrogens with one attached hydrogen (secondary N) is 2. The van der Waals surface area contributed by atoms with Crippen molar-refractivity contribution >= 4 is 29.9 Å². The first-order valence-corrected chi connectivity index (χ1v) is 10.5. The number of para-hydroxylation sites is 1. The molecule has 1 heterocycles. The fraction of sp³-hybridized carbons (Fsp3) is 0.458. The zero-order chi connectivity index (χ0) is 20.5. The lowest BCUT2D eigenvalue weighted by Gasteiger charge is -2.32. The van der Waals surface area contributed by atoms with Gasteiger partial charge in [-0.3, -0.25) is 4.99 Å². The first-order valence-electron chi connectivity index (χ1n) is 10.5. The summed E-state index contributed by atoms with van der Waals surface area (Å²) >= 11 is 0. The van der Waals surface area contributed by atoms with Gasteiger partial charge in [-0.2, -0.15) is 0 Å². The first-order chi connectivity index (χ1) is 14.2. The second-order valence-corrected chi connectivity index (χ2v) is 7.55. The number of aryl methyl sites for hydroxylation is 1. The third kappa shape index (κ3) is 6.87. The quantitative estimate of drug-likeness (QED) is 0.319. The largest absolute Gasteiger partial charge is 0.496 e. The van der Waals surface area contributed by atoms with Gasteiger partial charge in [0.2, 0.25) is 0 Å². The van der Waals surface area contributed by atoms with Crippen LogP contribution in [0.25, 0.3) is 0 Å². The predicted octanol–water partition coefficient (Wildman–Crippen LogP) is 4.50. The van der Waals surface area contributed by atoms with E-state index in [1.165, 1.54) is 16.7 Å². The van der Waals surface area contributed by atoms with Crippen LogP contribution >= 0.6 is 24.0 Å². The number of aliphatic imine (C=N–C) groups is 1. The molecule has 2 atom stereocenters. The molecule has 2 aromatic carbocycles. The summed E-state index contributed by atoms with van der Waals surface area (Å²) in [6.07, 6.45) is 3.28. The maximum Gasteiger partial charge on any atom is 0.190 e. The highest BCUT2D eigenvalue weighted by atomic mass is 127. The molecule has 2 N–H and O–H groups in total. The van der Waals surface area contributed by atoms with E-state index in [2.05, 4.69) is 52.9 Å². The molecule has 0 saturated carbocycles. The Balaban J connectivity index is 0.00000320. The Morgan fingerprint density at radius 2 is 1.90 bits per heavy atom. The Bertz CT molecular complexity index is 795. The molecule has 6 heteroatoms. The van der Waals surface area contributed by atoms with E-state index in [4.69, 9.17) is 9.47 Å². The van der Waals surface area contributed by atoms with E-state index in [0.29, 0.717) is 5.92 Å². The molecule has 3 rings (SSSR count). The van der Waals surface area contributed by atoms with Gasteiger partial charge < -0.3 is 20.1 Å². The second kappa shape index (κ2) is 12.8. The number of halogens is 1. The molecule has 0 spiro atoms. The van der Waals surface area contributed by atoms with Gasteiger partial charge in [0.25, 0.3) is 0 Å². The van der Waals surface area contributed by atoms with Gasteiger partial charge in [0.1, 0.15) is 5.75 Å². The molecule has 1 saturated heterocycles. The van der Waals surface area contributed by atoms with E-state index < -0.39 is 0 Å². The number of guanidine groups is 1. The van der Waals surface area contributed by atoms with Crippen molar-refractivity contribution in [1.29, 1.82) is 0 Å². The van der Waals surface area contributed by atoms with E-state index in [9.17, 15) is 0 Å². The van der Waals surface area contributed by atoms with Gasteiger partial charge in [0.05, 0.1) is 13.2 Å². The molecule has 1 aliphatic heterocycles. The number of methoxy groups -OCH3 is 1.